The number of para-hydroxylation sites is 1. The highest BCUT2D eigenvalue weighted by molar-refractivity contribution is 5.80. The Kier molecular flexibility index (Phi) is 5.14. The van der Waals surface area contributed by atoms with Crippen LogP contribution in [0.25, 0.3) is 46.7 Å². The van der Waals surface area contributed by atoms with Crippen molar-refractivity contribution in [1.29, 1.82) is 0 Å². The van der Waals surface area contributed by atoms with Crippen molar-refractivity contribution in [3.63, 3.8) is 0 Å². The van der Waals surface area contributed by atoms with Crippen LogP contribution < -0.4 is 0 Å². The number of pyridine rings is 1. The molecule has 0 bridgehead atoms. The van der Waals surface area contributed by atoms with Crippen LogP contribution in [0.2, 0.25) is 0 Å². The fourth-order valence-corrected chi connectivity index (χ4v) is 3.31. The van der Waals surface area contributed by atoms with Crippen LogP contribution in [0.5, 0.6) is 0 Å². The van der Waals surface area contributed by atoms with E-state index in [1.807, 2.05) is 72.9 Å². The van der Waals surface area contributed by atoms with Gasteiger partial charge in [-0.2, -0.15) is 4.68 Å². The van der Waals surface area contributed by atoms with Gasteiger partial charge in [0, 0.05) is 17.1 Å². The Morgan fingerprint density at radius 3 is 2.23 bits per heavy atom. The molecule has 0 atom stereocenters. The monoisotopic (exact) mass is 401 g/mol. The van der Waals surface area contributed by atoms with Crippen molar-refractivity contribution in [1.82, 2.24) is 25.2 Å². The summed E-state index contributed by atoms with van der Waals surface area (Å²) >= 11 is 0. The van der Waals surface area contributed by atoms with Crippen LogP contribution >= 0.6 is 0 Å². The van der Waals surface area contributed by atoms with E-state index in [2.05, 4.69) is 63.0 Å². The molecule has 0 aliphatic rings. The van der Waals surface area contributed by atoms with E-state index < -0.39 is 0 Å². The summed E-state index contributed by atoms with van der Waals surface area (Å²) in [7, 11) is 0. The summed E-state index contributed by atoms with van der Waals surface area (Å²) in [6, 6.07) is 30.5. The Morgan fingerprint density at radius 2 is 1.39 bits per heavy atom. The Morgan fingerprint density at radius 1 is 0.645 bits per heavy atom. The minimum absolute atomic E-state index is 0.677. The lowest BCUT2D eigenvalue weighted by atomic mass is 10.1. The molecule has 2 heterocycles. The molecule has 0 saturated carbocycles. The molecule has 0 radical (unpaired) electrons. The van der Waals surface area contributed by atoms with Crippen molar-refractivity contribution in [3.8, 4) is 11.4 Å². The maximum atomic E-state index is 4.66. The molecule has 0 aliphatic heterocycles. The molecule has 5 heteroatoms. The lowest BCUT2D eigenvalue weighted by molar-refractivity contribution is 0.821. The number of rotatable bonds is 5. The first kappa shape index (κ1) is 18.6. The van der Waals surface area contributed by atoms with Crippen LogP contribution in [-0.4, -0.2) is 25.2 Å². The highest BCUT2D eigenvalue weighted by atomic mass is 15.5. The van der Waals surface area contributed by atoms with Gasteiger partial charge < -0.3 is 0 Å². The largest absolute Gasteiger partial charge is 0.248 e. The fourth-order valence-electron chi connectivity index (χ4n) is 3.31. The zero-order valence-corrected chi connectivity index (χ0v) is 16.7. The molecule has 2 aromatic heterocycles. The van der Waals surface area contributed by atoms with Crippen molar-refractivity contribution in [2.75, 3.05) is 0 Å². The van der Waals surface area contributed by atoms with Gasteiger partial charge in [0.05, 0.1) is 11.2 Å². The SMILES string of the molecule is C(=C\c1ccc(-c2nnnn2/C=C/c2ccc3ccccc3n2)cc1)/c1ccccc1. The molecule has 0 N–H and O–H groups in total. The second kappa shape index (κ2) is 8.55. The summed E-state index contributed by atoms with van der Waals surface area (Å²) < 4.78 is 1.66. The number of benzene rings is 3. The normalized spacial score (nSPS) is 11.6. The minimum Gasteiger partial charge on any atom is -0.248 e. The van der Waals surface area contributed by atoms with E-state index in [1.54, 1.807) is 4.68 Å². The molecule has 148 valence electrons. The number of tetrazole rings is 1. The predicted octanol–water partition coefficient (Wildman–Crippen LogP) is 5.69. The number of hydrogen-bond donors (Lipinski definition) is 0. The minimum atomic E-state index is 0.677. The summed E-state index contributed by atoms with van der Waals surface area (Å²) in [4.78, 5) is 4.66. The Balaban J connectivity index is 1.35. The number of hydrogen-bond acceptors (Lipinski definition) is 4. The van der Waals surface area contributed by atoms with Gasteiger partial charge in [-0.25, -0.2) is 4.98 Å². The van der Waals surface area contributed by atoms with Crippen molar-refractivity contribution >= 4 is 35.3 Å². The standard InChI is InChI=1S/C26H19N5/c1-2-6-20(7-3-1)10-11-21-12-14-23(15-13-21)26-28-29-30-31(26)19-18-24-17-16-22-8-4-5-9-25(22)27-24/h1-19H/b11-10+,19-18+. The predicted molar refractivity (Wildman–Crippen MR) is 126 cm³/mol. The Bertz CT molecular complexity index is 1370. The molecule has 0 amide bonds. The van der Waals surface area contributed by atoms with Crippen molar-refractivity contribution in [2.24, 2.45) is 0 Å². The molecular formula is C26H19N5. The van der Waals surface area contributed by atoms with Crippen LogP contribution in [0.15, 0.2) is 91.0 Å². The van der Waals surface area contributed by atoms with E-state index in [4.69, 9.17) is 0 Å². The van der Waals surface area contributed by atoms with E-state index >= 15 is 0 Å². The third kappa shape index (κ3) is 4.31. The number of fused-ring (bicyclic) bond motifs is 1. The topological polar surface area (TPSA) is 56.5 Å². The summed E-state index contributed by atoms with van der Waals surface area (Å²) in [5, 5.41) is 13.2. The summed E-state index contributed by atoms with van der Waals surface area (Å²) in [6.07, 6.45) is 7.92. The molecule has 0 fully saturated rings. The molecule has 5 rings (SSSR count). The van der Waals surface area contributed by atoms with Gasteiger partial charge in [-0.05, 0) is 39.8 Å². The van der Waals surface area contributed by atoms with Gasteiger partial charge >= 0.3 is 0 Å². The first-order valence-electron chi connectivity index (χ1n) is 10.0. The van der Waals surface area contributed by atoms with Crippen molar-refractivity contribution in [3.05, 3.63) is 108 Å². The van der Waals surface area contributed by atoms with Crippen LogP contribution in [0.1, 0.15) is 16.8 Å². The summed E-state index contributed by atoms with van der Waals surface area (Å²) in [5.74, 6) is 0.677. The van der Waals surface area contributed by atoms with Gasteiger partial charge in [0.2, 0.25) is 0 Å². The molecule has 0 spiro atoms. The molecule has 0 aliphatic carbocycles. The fraction of sp³-hybridized carbons (Fsp3) is 0. The molecule has 5 aromatic rings. The van der Waals surface area contributed by atoms with Crippen LogP contribution in [0.4, 0.5) is 0 Å². The lowest BCUT2D eigenvalue weighted by Crippen LogP contribution is -1.94. The second-order valence-electron chi connectivity index (χ2n) is 7.06. The average Bonchev–Trinajstić information content (AvgIpc) is 3.31. The Hall–Kier alpha value is -4.38. The first-order valence-corrected chi connectivity index (χ1v) is 10.0. The number of aromatic nitrogens is 5. The zero-order chi connectivity index (χ0) is 20.9. The molecule has 31 heavy (non-hydrogen) atoms. The van der Waals surface area contributed by atoms with E-state index in [0.29, 0.717) is 5.82 Å². The molecule has 3 aromatic carbocycles. The van der Waals surface area contributed by atoms with Gasteiger partial charge in [0.15, 0.2) is 5.82 Å². The first-order chi connectivity index (χ1) is 15.3. The molecular weight excluding hydrogens is 382 g/mol. The van der Waals surface area contributed by atoms with Gasteiger partial charge in [-0.1, -0.05) is 91.0 Å². The quantitative estimate of drug-likeness (QED) is 0.355. The highest BCUT2D eigenvalue weighted by Crippen LogP contribution is 2.19. The molecule has 0 saturated heterocycles. The van der Waals surface area contributed by atoms with Crippen LogP contribution in [0.3, 0.4) is 0 Å². The summed E-state index contributed by atoms with van der Waals surface area (Å²) in [6.45, 7) is 0. The van der Waals surface area contributed by atoms with Crippen molar-refractivity contribution < 1.29 is 0 Å². The number of nitrogens with zero attached hydrogens (tertiary/aromatic N) is 5. The highest BCUT2D eigenvalue weighted by Gasteiger charge is 2.06. The zero-order valence-electron chi connectivity index (χ0n) is 16.7. The summed E-state index contributed by atoms with van der Waals surface area (Å²) in [5.41, 5.74) is 5.03. The maximum Gasteiger partial charge on any atom is 0.186 e. The van der Waals surface area contributed by atoms with Gasteiger partial charge in [-0.3, -0.25) is 0 Å². The third-order valence-electron chi connectivity index (χ3n) is 4.94. The smallest absolute Gasteiger partial charge is 0.186 e. The molecule has 0 unspecified atom stereocenters. The van der Waals surface area contributed by atoms with Gasteiger partial charge in [-0.15, -0.1) is 5.10 Å². The van der Waals surface area contributed by atoms with Gasteiger partial charge in [0.1, 0.15) is 0 Å². The van der Waals surface area contributed by atoms with E-state index in [1.165, 1.54) is 5.56 Å². The maximum absolute atomic E-state index is 4.66. The van der Waals surface area contributed by atoms with Crippen LogP contribution in [0, 0.1) is 0 Å². The van der Waals surface area contributed by atoms with Crippen molar-refractivity contribution in [2.45, 2.75) is 0 Å². The van der Waals surface area contributed by atoms with E-state index in [0.717, 1.165) is 27.7 Å². The van der Waals surface area contributed by atoms with Gasteiger partial charge in [0.25, 0.3) is 0 Å². The van der Waals surface area contributed by atoms with Crippen LogP contribution in [-0.2, 0) is 0 Å². The second-order valence-corrected chi connectivity index (χ2v) is 7.06. The Labute approximate surface area is 180 Å². The molecule has 5 nitrogen and oxygen atoms in total. The third-order valence-corrected chi connectivity index (χ3v) is 4.94. The average molecular weight is 401 g/mol. The lowest BCUT2D eigenvalue weighted by Gasteiger charge is -2.02. The van der Waals surface area contributed by atoms with E-state index in [9.17, 15) is 0 Å². The van der Waals surface area contributed by atoms with E-state index in [-0.39, 0.29) is 0 Å².